The maximum atomic E-state index is 11.8. The third-order valence-corrected chi connectivity index (χ3v) is 2.78. The Hall–Kier alpha value is -2.04. The van der Waals surface area contributed by atoms with Crippen LogP contribution in [-0.2, 0) is 19.2 Å². The van der Waals surface area contributed by atoms with Crippen LogP contribution >= 0.6 is 11.8 Å². The normalized spacial score (nSPS) is 11.1. The largest absolute Gasteiger partial charge is 0.458 e. The molecule has 0 aliphatic rings. The summed E-state index contributed by atoms with van der Waals surface area (Å²) >= 11 is 0.747. The van der Waals surface area contributed by atoms with E-state index < -0.39 is 28.2 Å². The van der Waals surface area contributed by atoms with Crippen molar-refractivity contribution in [2.45, 2.75) is 19.9 Å². The van der Waals surface area contributed by atoms with Crippen LogP contribution in [0.25, 0.3) is 0 Å². The minimum Gasteiger partial charge on any atom is -0.458 e. The number of hydrogen-bond donors (Lipinski definition) is 2. The van der Waals surface area contributed by atoms with Gasteiger partial charge in [-0.3, -0.25) is 9.59 Å². The molecule has 0 rings (SSSR count). The first kappa shape index (κ1) is 19.0. The van der Waals surface area contributed by atoms with Crippen LogP contribution < -0.4 is 10.6 Å². The topological polar surface area (TPSA) is 137 Å². The van der Waals surface area contributed by atoms with Crippen molar-refractivity contribution in [1.82, 2.24) is 10.6 Å². The lowest BCUT2D eigenvalue weighted by molar-refractivity contribution is -0.757. The fourth-order valence-electron chi connectivity index (χ4n) is 1.16. The summed E-state index contributed by atoms with van der Waals surface area (Å²) in [6.45, 7) is 2.68. The Kier molecular flexibility index (Phi) is 9.67. The number of thioether (sulfide) groups is 1. The molecule has 0 radical (unpaired) electrons. The molecular formula is C10H17N3O7S. The maximum Gasteiger partial charge on any atom is 0.367 e. The van der Waals surface area contributed by atoms with Crippen molar-refractivity contribution >= 4 is 28.9 Å². The van der Waals surface area contributed by atoms with Crippen LogP contribution in [0.2, 0.25) is 0 Å². The summed E-state index contributed by atoms with van der Waals surface area (Å²) in [5.41, 5.74) is 0. The van der Waals surface area contributed by atoms with Gasteiger partial charge in [0.25, 0.3) is 5.09 Å². The predicted octanol–water partition coefficient (Wildman–Crippen LogP) is -0.295. The Morgan fingerprint density at radius 2 is 2.05 bits per heavy atom. The molecular weight excluding hydrogens is 306 g/mol. The second-order valence-corrected chi connectivity index (χ2v) is 4.55. The summed E-state index contributed by atoms with van der Waals surface area (Å²) in [6, 6.07) is -0.951. The predicted molar refractivity (Wildman–Crippen MR) is 73.0 cm³/mol. The zero-order valence-electron chi connectivity index (χ0n) is 11.6. The number of nitrogens with one attached hydrogen (secondary N) is 2. The molecule has 0 fully saturated rings. The third-order valence-electron chi connectivity index (χ3n) is 1.92. The first-order chi connectivity index (χ1) is 9.86. The summed E-state index contributed by atoms with van der Waals surface area (Å²) in [7, 11) is 0. The molecule has 2 N–H and O–H groups in total. The van der Waals surface area contributed by atoms with Gasteiger partial charge in [0, 0.05) is 19.2 Å². The van der Waals surface area contributed by atoms with Gasteiger partial charge in [0.2, 0.25) is 11.8 Å². The first-order valence-corrected chi connectivity index (χ1v) is 6.97. The van der Waals surface area contributed by atoms with Crippen LogP contribution in [0.4, 0.5) is 4.79 Å². The van der Waals surface area contributed by atoms with Gasteiger partial charge in [-0.25, -0.2) is 4.79 Å². The number of carbonyl (C=O) groups is 3. The van der Waals surface area contributed by atoms with Crippen LogP contribution in [0.3, 0.4) is 0 Å². The van der Waals surface area contributed by atoms with Crippen molar-refractivity contribution in [1.29, 1.82) is 0 Å². The highest BCUT2D eigenvalue weighted by Gasteiger charge is 2.21. The van der Waals surface area contributed by atoms with Gasteiger partial charge >= 0.3 is 5.30 Å². The fraction of sp³-hybridized carbons (Fsp3) is 0.700. The van der Waals surface area contributed by atoms with Crippen molar-refractivity contribution in [2.24, 2.45) is 0 Å². The van der Waals surface area contributed by atoms with E-state index in [9.17, 15) is 24.5 Å². The zero-order valence-corrected chi connectivity index (χ0v) is 12.4. The molecule has 0 aliphatic heterocycles. The summed E-state index contributed by atoms with van der Waals surface area (Å²) < 4.78 is 4.69. The Labute approximate surface area is 125 Å². The van der Waals surface area contributed by atoms with Crippen LogP contribution in [0, 0.1) is 10.1 Å². The van der Waals surface area contributed by atoms with Crippen LogP contribution in [0.1, 0.15) is 13.8 Å². The van der Waals surface area contributed by atoms with Crippen molar-refractivity contribution < 1.29 is 29.0 Å². The van der Waals surface area contributed by atoms with Crippen LogP contribution in [-0.4, -0.2) is 53.8 Å². The molecule has 0 saturated heterocycles. The van der Waals surface area contributed by atoms with E-state index in [1.165, 1.54) is 6.92 Å². The lowest BCUT2D eigenvalue weighted by Crippen LogP contribution is -2.48. The highest BCUT2D eigenvalue weighted by Crippen LogP contribution is 2.07. The molecule has 120 valence electrons. The number of amides is 2. The summed E-state index contributed by atoms with van der Waals surface area (Å²) in [6.07, 6.45) is 0. The average Bonchev–Trinajstić information content (AvgIpc) is 2.39. The minimum absolute atomic E-state index is 0.0136. The van der Waals surface area contributed by atoms with Crippen LogP contribution in [0.15, 0.2) is 0 Å². The van der Waals surface area contributed by atoms with Crippen molar-refractivity contribution in [3.63, 3.8) is 0 Å². The van der Waals surface area contributed by atoms with E-state index in [1.807, 2.05) is 0 Å². The van der Waals surface area contributed by atoms with Crippen molar-refractivity contribution in [2.75, 3.05) is 25.5 Å². The van der Waals surface area contributed by atoms with Crippen molar-refractivity contribution in [3.8, 4) is 0 Å². The monoisotopic (exact) mass is 323 g/mol. The lowest BCUT2D eigenvalue weighted by atomic mass is 10.3. The molecule has 0 unspecified atom stereocenters. The Morgan fingerprint density at radius 1 is 1.38 bits per heavy atom. The van der Waals surface area contributed by atoms with Gasteiger partial charge < -0.3 is 20.2 Å². The average molecular weight is 323 g/mol. The molecule has 2 amide bonds. The highest BCUT2D eigenvalue weighted by atomic mass is 32.2. The summed E-state index contributed by atoms with van der Waals surface area (Å²) in [4.78, 5) is 47.9. The van der Waals surface area contributed by atoms with E-state index in [2.05, 4.69) is 20.2 Å². The lowest BCUT2D eigenvalue weighted by Gasteiger charge is -2.16. The molecule has 0 bridgehead atoms. The number of hydrogen-bond acceptors (Lipinski definition) is 8. The first-order valence-electron chi connectivity index (χ1n) is 5.98. The third kappa shape index (κ3) is 10.4. The highest BCUT2D eigenvalue weighted by molar-refractivity contribution is 8.13. The molecule has 0 saturated carbocycles. The zero-order chi connectivity index (χ0) is 16.3. The molecule has 0 spiro atoms. The molecule has 0 heterocycles. The van der Waals surface area contributed by atoms with Gasteiger partial charge in [-0.15, -0.1) is 10.1 Å². The Bertz CT molecular complexity index is 391. The maximum absolute atomic E-state index is 11.8. The van der Waals surface area contributed by atoms with Crippen LogP contribution in [0.5, 0.6) is 0 Å². The Morgan fingerprint density at radius 3 is 2.57 bits per heavy atom. The number of rotatable bonds is 9. The van der Waals surface area contributed by atoms with Gasteiger partial charge in [0.1, 0.15) is 12.6 Å². The second kappa shape index (κ2) is 10.7. The molecule has 11 heteroatoms. The van der Waals surface area contributed by atoms with E-state index in [4.69, 9.17) is 0 Å². The summed E-state index contributed by atoms with van der Waals surface area (Å²) in [5.74, 6) is -1.03. The standard InChI is InChI=1S/C10H17N3O7S/c1-3-19-10(16)21-6-8(12-7(2)14)9(15)11-4-5-20-13(17)18/h8H,3-6H2,1-2H3,(H,11,15)(H,12,14)/t8-/m0/s1. The van der Waals surface area contributed by atoms with Gasteiger partial charge in [-0.1, -0.05) is 0 Å². The summed E-state index contributed by atoms with van der Waals surface area (Å²) in [5, 5.41) is 13.1. The molecule has 0 aromatic carbocycles. The fourth-order valence-corrected chi connectivity index (χ4v) is 1.90. The van der Waals surface area contributed by atoms with E-state index in [0.29, 0.717) is 0 Å². The second-order valence-electron chi connectivity index (χ2n) is 3.59. The molecule has 0 aromatic rings. The van der Waals surface area contributed by atoms with Gasteiger partial charge in [-0.2, -0.15) is 0 Å². The van der Waals surface area contributed by atoms with E-state index in [-0.39, 0.29) is 25.5 Å². The van der Waals surface area contributed by atoms with E-state index >= 15 is 0 Å². The smallest absolute Gasteiger partial charge is 0.367 e. The molecule has 1 atom stereocenters. The van der Waals surface area contributed by atoms with E-state index in [1.54, 1.807) is 6.92 Å². The van der Waals surface area contributed by atoms with Gasteiger partial charge in [-0.05, 0) is 18.7 Å². The SMILES string of the molecule is CCOC(=O)SC[C@H](NC(C)=O)C(=O)NCCO[N+](=O)[O-]. The number of ether oxygens (including phenoxy) is 1. The van der Waals surface area contributed by atoms with Crippen molar-refractivity contribution in [3.05, 3.63) is 10.1 Å². The Balaban J connectivity index is 4.25. The molecule has 10 nitrogen and oxygen atoms in total. The molecule has 0 aliphatic carbocycles. The molecule has 0 aromatic heterocycles. The van der Waals surface area contributed by atoms with E-state index in [0.717, 1.165) is 11.8 Å². The van der Waals surface area contributed by atoms with Gasteiger partial charge in [0.15, 0.2) is 0 Å². The number of carbonyl (C=O) groups excluding carboxylic acids is 3. The number of nitrogens with zero attached hydrogens (tertiary/aromatic N) is 1. The quantitative estimate of drug-likeness (QED) is 0.255. The molecule has 21 heavy (non-hydrogen) atoms. The minimum atomic E-state index is -0.978. The van der Waals surface area contributed by atoms with Gasteiger partial charge in [0.05, 0.1) is 6.61 Å².